The van der Waals surface area contributed by atoms with Gasteiger partial charge in [-0.3, -0.25) is 0 Å². The van der Waals surface area contributed by atoms with E-state index in [1.807, 2.05) is 0 Å². The van der Waals surface area contributed by atoms with Crippen LogP contribution in [-0.2, 0) is 0 Å². The molecule has 0 fully saturated rings. The highest BCUT2D eigenvalue weighted by Gasteiger charge is 2.30. The van der Waals surface area contributed by atoms with Crippen molar-refractivity contribution in [1.29, 1.82) is 0 Å². The summed E-state index contributed by atoms with van der Waals surface area (Å²) in [6.07, 6.45) is 2.28. The highest BCUT2D eigenvalue weighted by Crippen LogP contribution is 2.36. The van der Waals surface area contributed by atoms with Crippen LogP contribution in [0.25, 0.3) is 0 Å². The highest BCUT2D eigenvalue weighted by molar-refractivity contribution is 4.81. The Morgan fingerprint density at radius 1 is 0.714 bits per heavy atom. The van der Waals surface area contributed by atoms with Crippen molar-refractivity contribution in [3.8, 4) is 0 Å². The average molecular weight is 202 g/mol. The molecule has 0 aliphatic rings. The van der Waals surface area contributed by atoms with Crippen LogP contribution in [0.5, 0.6) is 0 Å². The van der Waals surface area contributed by atoms with Gasteiger partial charge in [0.15, 0.2) is 0 Å². The summed E-state index contributed by atoms with van der Waals surface area (Å²) < 4.78 is 14.1. The highest BCUT2D eigenvalue weighted by atomic mass is 19.1. The molecule has 0 radical (unpaired) electrons. The second-order valence-corrected chi connectivity index (χ2v) is 7.21. The quantitative estimate of drug-likeness (QED) is 0.605. The zero-order chi connectivity index (χ0) is 11.6. The van der Waals surface area contributed by atoms with E-state index in [-0.39, 0.29) is 10.8 Å². The molecular weight excluding hydrogens is 175 g/mol. The van der Waals surface area contributed by atoms with Crippen molar-refractivity contribution in [3.63, 3.8) is 0 Å². The first kappa shape index (κ1) is 13.9. The van der Waals surface area contributed by atoms with Gasteiger partial charge in [-0.25, -0.2) is 4.39 Å². The van der Waals surface area contributed by atoms with Crippen LogP contribution in [0.1, 0.15) is 67.7 Å². The van der Waals surface area contributed by atoms with Gasteiger partial charge in [0, 0.05) is 0 Å². The third-order valence-corrected chi connectivity index (χ3v) is 2.30. The summed E-state index contributed by atoms with van der Waals surface area (Å²) in [5.41, 5.74) is -0.682. The maximum Gasteiger partial charge on any atom is 0.108 e. The summed E-state index contributed by atoms with van der Waals surface area (Å²) in [4.78, 5) is 0. The van der Waals surface area contributed by atoms with E-state index < -0.39 is 5.67 Å². The Morgan fingerprint density at radius 3 is 1.43 bits per heavy atom. The fourth-order valence-corrected chi connectivity index (χ4v) is 1.83. The van der Waals surface area contributed by atoms with Crippen LogP contribution in [0.15, 0.2) is 0 Å². The van der Waals surface area contributed by atoms with Gasteiger partial charge in [-0.15, -0.1) is 0 Å². The van der Waals surface area contributed by atoms with Gasteiger partial charge in [0.25, 0.3) is 0 Å². The van der Waals surface area contributed by atoms with Crippen molar-refractivity contribution >= 4 is 0 Å². The molecule has 1 heteroatoms. The summed E-state index contributed by atoms with van der Waals surface area (Å²) in [6, 6.07) is 0. The van der Waals surface area contributed by atoms with Gasteiger partial charge in [0.1, 0.15) is 5.67 Å². The molecule has 0 nitrogen and oxygen atoms in total. The molecule has 86 valence electrons. The van der Waals surface area contributed by atoms with E-state index in [9.17, 15) is 4.39 Å². The van der Waals surface area contributed by atoms with Gasteiger partial charge < -0.3 is 0 Å². The van der Waals surface area contributed by atoms with Crippen molar-refractivity contribution in [2.75, 3.05) is 0 Å². The molecule has 1 atom stereocenters. The molecular formula is C13H27F. The summed E-state index contributed by atoms with van der Waals surface area (Å²) in [6.45, 7) is 14.5. The van der Waals surface area contributed by atoms with Gasteiger partial charge in [0.05, 0.1) is 0 Å². The minimum Gasteiger partial charge on any atom is -0.244 e. The number of hydrogen-bond donors (Lipinski definition) is 0. The minimum absolute atomic E-state index is 0.0847. The first-order valence-electron chi connectivity index (χ1n) is 5.60. The molecule has 14 heavy (non-hydrogen) atoms. The van der Waals surface area contributed by atoms with Gasteiger partial charge in [-0.05, 0) is 37.0 Å². The second kappa shape index (κ2) is 4.20. The van der Waals surface area contributed by atoms with E-state index in [2.05, 4.69) is 41.5 Å². The normalized spacial score (nSPS) is 18.0. The van der Waals surface area contributed by atoms with Crippen LogP contribution in [0.4, 0.5) is 4.39 Å². The standard InChI is InChI=1S/C13H27F/c1-11(2,3)8-9-13(7,14)10-12(4,5)6/h8-10H2,1-7H3. The lowest BCUT2D eigenvalue weighted by molar-refractivity contribution is 0.0934. The molecule has 0 heterocycles. The largest absolute Gasteiger partial charge is 0.244 e. The molecule has 0 aromatic carbocycles. The monoisotopic (exact) mass is 202 g/mol. The lowest BCUT2D eigenvalue weighted by atomic mass is 9.78. The summed E-state index contributed by atoms with van der Waals surface area (Å²) >= 11 is 0. The van der Waals surface area contributed by atoms with Crippen LogP contribution in [0, 0.1) is 10.8 Å². The van der Waals surface area contributed by atoms with Crippen LogP contribution in [-0.4, -0.2) is 5.67 Å². The lowest BCUT2D eigenvalue weighted by Gasteiger charge is -2.31. The smallest absolute Gasteiger partial charge is 0.108 e. The number of alkyl halides is 1. The zero-order valence-electron chi connectivity index (χ0n) is 11.0. The molecule has 0 aromatic rings. The average Bonchev–Trinajstić information content (AvgIpc) is 1.76. The summed E-state index contributed by atoms with van der Waals surface area (Å²) in [5, 5.41) is 0. The van der Waals surface area contributed by atoms with Crippen molar-refractivity contribution in [1.82, 2.24) is 0 Å². The summed E-state index contributed by atoms with van der Waals surface area (Å²) in [5.74, 6) is 0. The Labute approximate surface area is 89.3 Å². The van der Waals surface area contributed by atoms with E-state index in [1.54, 1.807) is 6.92 Å². The molecule has 0 aromatic heterocycles. The first-order valence-corrected chi connectivity index (χ1v) is 5.60. The first-order chi connectivity index (χ1) is 5.91. The van der Waals surface area contributed by atoms with Gasteiger partial charge in [0.2, 0.25) is 0 Å². The predicted octanol–water partition coefficient (Wildman–Crippen LogP) is 4.98. The van der Waals surface area contributed by atoms with Crippen molar-refractivity contribution < 1.29 is 4.39 Å². The number of halogens is 1. The SMILES string of the molecule is CC(C)(C)CCC(C)(F)CC(C)(C)C. The summed E-state index contributed by atoms with van der Waals surface area (Å²) in [7, 11) is 0. The number of hydrogen-bond acceptors (Lipinski definition) is 0. The van der Waals surface area contributed by atoms with Gasteiger partial charge in [-0.1, -0.05) is 41.5 Å². The molecule has 0 aliphatic heterocycles. The topological polar surface area (TPSA) is 0 Å². The molecule has 0 aliphatic carbocycles. The molecule has 0 spiro atoms. The van der Waals surface area contributed by atoms with E-state index in [0.29, 0.717) is 12.8 Å². The van der Waals surface area contributed by atoms with Crippen molar-refractivity contribution in [2.45, 2.75) is 73.4 Å². The lowest BCUT2D eigenvalue weighted by Crippen LogP contribution is -2.27. The van der Waals surface area contributed by atoms with Crippen LogP contribution < -0.4 is 0 Å². The van der Waals surface area contributed by atoms with Crippen LogP contribution >= 0.6 is 0 Å². The minimum atomic E-state index is -1.01. The van der Waals surface area contributed by atoms with Gasteiger partial charge in [-0.2, -0.15) is 0 Å². The van der Waals surface area contributed by atoms with Crippen LogP contribution in [0.3, 0.4) is 0 Å². The Hall–Kier alpha value is -0.0700. The Balaban J connectivity index is 4.09. The third-order valence-electron chi connectivity index (χ3n) is 2.30. The van der Waals surface area contributed by atoms with E-state index in [4.69, 9.17) is 0 Å². The Kier molecular flexibility index (Phi) is 4.18. The molecule has 0 bridgehead atoms. The number of rotatable bonds is 3. The maximum absolute atomic E-state index is 14.1. The Morgan fingerprint density at radius 2 is 1.14 bits per heavy atom. The van der Waals surface area contributed by atoms with E-state index >= 15 is 0 Å². The molecule has 0 N–H and O–H groups in total. The molecule has 0 saturated carbocycles. The molecule has 1 unspecified atom stereocenters. The van der Waals surface area contributed by atoms with E-state index in [1.165, 1.54) is 0 Å². The molecule has 0 amide bonds. The fourth-order valence-electron chi connectivity index (χ4n) is 1.83. The van der Waals surface area contributed by atoms with Crippen LogP contribution in [0.2, 0.25) is 0 Å². The molecule has 0 rings (SSSR count). The van der Waals surface area contributed by atoms with Crippen molar-refractivity contribution in [3.05, 3.63) is 0 Å². The Bertz CT molecular complexity index is 167. The van der Waals surface area contributed by atoms with Crippen molar-refractivity contribution in [2.24, 2.45) is 10.8 Å². The maximum atomic E-state index is 14.1. The third kappa shape index (κ3) is 8.52. The van der Waals surface area contributed by atoms with Gasteiger partial charge >= 0.3 is 0 Å². The second-order valence-electron chi connectivity index (χ2n) is 7.21. The molecule has 0 saturated heterocycles. The van der Waals surface area contributed by atoms with E-state index in [0.717, 1.165) is 6.42 Å². The predicted molar refractivity (Wildman–Crippen MR) is 62.3 cm³/mol. The fraction of sp³-hybridized carbons (Fsp3) is 1.00. The zero-order valence-corrected chi connectivity index (χ0v) is 11.0.